The predicted octanol–water partition coefficient (Wildman–Crippen LogP) is 2.69. The lowest BCUT2D eigenvalue weighted by atomic mass is 10.1. The fraction of sp³-hybridized carbons (Fsp3) is 0.188. The number of anilines is 1. The smallest absolute Gasteiger partial charge is 0.261 e. The van der Waals surface area contributed by atoms with E-state index in [-0.39, 0.29) is 11.7 Å². The number of nitrogens with zero attached hydrogens (tertiary/aromatic N) is 1. The van der Waals surface area contributed by atoms with Crippen LogP contribution in [-0.2, 0) is 0 Å². The highest BCUT2D eigenvalue weighted by atomic mass is 16.5. The Bertz CT molecular complexity index is 637. The van der Waals surface area contributed by atoms with Gasteiger partial charge in [0.25, 0.3) is 5.91 Å². The van der Waals surface area contributed by atoms with Crippen LogP contribution in [0.2, 0.25) is 0 Å². The van der Waals surface area contributed by atoms with Gasteiger partial charge < -0.3 is 19.5 Å². The first-order chi connectivity index (χ1) is 10.1. The van der Waals surface area contributed by atoms with Crippen molar-refractivity contribution in [2.75, 3.05) is 26.2 Å². The summed E-state index contributed by atoms with van der Waals surface area (Å²) in [6.07, 6.45) is 0. The van der Waals surface area contributed by atoms with Gasteiger partial charge in [-0.1, -0.05) is 0 Å². The average molecular weight is 287 g/mol. The Labute approximate surface area is 123 Å². The summed E-state index contributed by atoms with van der Waals surface area (Å²) < 4.78 is 10.4. The monoisotopic (exact) mass is 287 g/mol. The zero-order chi connectivity index (χ0) is 15.4. The van der Waals surface area contributed by atoms with E-state index in [4.69, 9.17) is 9.47 Å². The highest BCUT2D eigenvalue weighted by Gasteiger charge is 2.18. The molecule has 0 unspecified atom stereocenters. The quantitative estimate of drug-likeness (QED) is 0.939. The molecule has 0 saturated heterocycles. The van der Waals surface area contributed by atoms with Gasteiger partial charge in [-0.3, -0.25) is 4.79 Å². The van der Waals surface area contributed by atoms with Crippen molar-refractivity contribution in [1.29, 1.82) is 0 Å². The summed E-state index contributed by atoms with van der Waals surface area (Å²) in [5.41, 5.74) is 1.08. The largest absolute Gasteiger partial charge is 0.508 e. The average Bonchev–Trinajstić information content (AvgIpc) is 2.53. The number of amides is 1. The first-order valence-electron chi connectivity index (χ1n) is 6.36. The number of aromatic hydroxyl groups is 1. The molecular weight excluding hydrogens is 270 g/mol. The number of carbonyl (C=O) groups is 1. The Balaban J connectivity index is 2.36. The summed E-state index contributed by atoms with van der Waals surface area (Å²) in [4.78, 5) is 14.1. The van der Waals surface area contributed by atoms with Crippen molar-refractivity contribution >= 4 is 11.6 Å². The molecule has 0 radical (unpaired) electrons. The maximum Gasteiger partial charge on any atom is 0.261 e. The van der Waals surface area contributed by atoms with Gasteiger partial charge in [-0.15, -0.1) is 0 Å². The molecule has 0 aromatic heterocycles. The lowest BCUT2D eigenvalue weighted by Gasteiger charge is -2.19. The molecule has 2 rings (SSSR count). The van der Waals surface area contributed by atoms with Crippen LogP contribution in [0, 0.1) is 0 Å². The molecule has 1 N–H and O–H groups in total. The summed E-state index contributed by atoms with van der Waals surface area (Å²) in [5, 5.41) is 9.30. The van der Waals surface area contributed by atoms with Crippen LogP contribution >= 0.6 is 0 Å². The van der Waals surface area contributed by atoms with Crippen LogP contribution < -0.4 is 14.4 Å². The predicted molar refractivity (Wildman–Crippen MR) is 80.4 cm³/mol. The van der Waals surface area contributed by atoms with Gasteiger partial charge in [-0.05, 0) is 42.5 Å². The van der Waals surface area contributed by atoms with Gasteiger partial charge in [-0.25, -0.2) is 0 Å². The second kappa shape index (κ2) is 6.17. The Morgan fingerprint density at radius 3 is 2.29 bits per heavy atom. The van der Waals surface area contributed by atoms with Crippen LogP contribution in [-0.4, -0.2) is 32.3 Å². The number of carbonyl (C=O) groups excluding carboxylic acids is 1. The molecule has 5 nitrogen and oxygen atoms in total. The molecule has 0 saturated carbocycles. The van der Waals surface area contributed by atoms with Gasteiger partial charge in [0.05, 0.1) is 19.8 Å². The fourth-order valence-electron chi connectivity index (χ4n) is 1.96. The molecule has 2 aromatic carbocycles. The van der Waals surface area contributed by atoms with Gasteiger partial charge in [0, 0.05) is 12.7 Å². The van der Waals surface area contributed by atoms with Gasteiger partial charge in [0.15, 0.2) is 0 Å². The van der Waals surface area contributed by atoms with Crippen molar-refractivity contribution in [2.45, 2.75) is 0 Å². The molecule has 110 valence electrons. The molecule has 1 amide bonds. The Morgan fingerprint density at radius 1 is 1.05 bits per heavy atom. The Kier molecular flexibility index (Phi) is 4.33. The second-order valence-corrected chi connectivity index (χ2v) is 4.45. The van der Waals surface area contributed by atoms with Crippen molar-refractivity contribution in [3.8, 4) is 17.2 Å². The minimum atomic E-state index is -0.226. The topological polar surface area (TPSA) is 59.0 Å². The van der Waals surface area contributed by atoms with Crippen LogP contribution in [0.1, 0.15) is 10.4 Å². The molecule has 2 aromatic rings. The third kappa shape index (κ3) is 3.08. The van der Waals surface area contributed by atoms with E-state index in [1.54, 1.807) is 44.5 Å². The van der Waals surface area contributed by atoms with Crippen LogP contribution in [0.3, 0.4) is 0 Å². The molecule has 21 heavy (non-hydrogen) atoms. The maximum atomic E-state index is 12.6. The molecule has 0 aliphatic heterocycles. The number of hydrogen-bond acceptors (Lipinski definition) is 4. The normalized spacial score (nSPS) is 10.0. The lowest BCUT2D eigenvalue weighted by Crippen LogP contribution is -2.26. The minimum Gasteiger partial charge on any atom is -0.508 e. The zero-order valence-corrected chi connectivity index (χ0v) is 12.2. The molecule has 0 spiro atoms. The van der Waals surface area contributed by atoms with E-state index in [2.05, 4.69) is 0 Å². The third-order valence-electron chi connectivity index (χ3n) is 3.18. The van der Waals surface area contributed by atoms with Crippen molar-refractivity contribution in [2.24, 2.45) is 0 Å². The van der Waals surface area contributed by atoms with Gasteiger partial charge in [-0.2, -0.15) is 0 Å². The molecule has 0 atom stereocenters. The number of ether oxygens (including phenoxy) is 2. The van der Waals surface area contributed by atoms with E-state index in [0.29, 0.717) is 22.7 Å². The lowest BCUT2D eigenvalue weighted by molar-refractivity contribution is 0.0989. The third-order valence-corrected chi connectivity index (χ3v) is 3.18. The van der Waals surface area contributed by atoms with E-state index in [1.165, 1.54) is 24.1 Å². The van der Waals surface area contributed by atoms with Crippen LogP contribution in [0.4, 0.5) is 5.69 Å². The molecule has 5 heteroatoms. The highest BCUT2D eigenvalue weighted by Crippen LogP contribution is 2.27. The van der Waals surface area contributed by atoms with Crippen LogP contribution in [0.25, 0.3) is 0 Å². The molecule has 0 aliphatic rings. The highest BCUT2D eigenvalue weighted by molar-refractivity contribution is 6.07. The van der Waals surface area contributed by atoms with Gasteiger partial charge in [0.1, 0.15) is 17.2 Å². The first kappa shape index (κ1) is 14.7. The number of rotatable bonds is 4. The Hall–Kier alpha value is -2.69. The van der Waals surface area contributed by atoms with E-state index in [1.807, 2.05) is 0 Å². The second-order valence-electron chi connectivity index (χ2n) is 4.45. The van der Waals surface area contributed by atoms with E-state index in [9.17, 15) is 9.90 Å². The molecule has 0 bridgehead atoms. The SMILES string of the molecule is COc1ccc(OC)c(C(=O)N(C)c2ccc(O)cc2)c1. The van der Waals surface area contributed by atoms with Gasteiger partial charge in [0.2, 0.25) is 0 Å². The summed E-state index contributed by atoms with van der Waals surface area (Å²) in [6.45, 7) is 0. The number of hydrogen-bond donors (Lipinski definition) is 1. The Morgan fingerprint density at radius 2 is 1.71 bits per heavy atom. The standard InChI is InChI=1S/C16H17NO4/c1-17(11-4-6-12(18)7-5-11)16(19)14-10-13(20-2)8-9-15(14)21-3/h4-10,18H,1-3H3. The summed E-state index contributed by atoms with van der Waals surface area (Å²) in [5.74, 6) is 0.986. The number of methoxy groups -OCH3 is 2. The van der Waals surface area contributed by atoms with Gasteiger partial charge >= 0.3 is 0 Å². The summed E-state index contributed by atoms with van der Waals surface area (Å²) >= 11 is 0. The molecule has 0 aliphatic carbocycles. The van der Waals surface area contributed by atoms with E-state index < -0.39 is 0 Å². The first-order valence-corrected chi connectivity index (χ1v) is 6.36. The van der Waals surface area contributed by atoms with Crippen LogP contribution in [0.15, 0.2) is 42.5 Å². The van der Waals surface area contributed by atoms with Crippen LogP contribution in [0.5, 0.6) is 17.2 Å². The number of phenolic OH excluding ortho intramolecular Hbond substituents is 1. The molecular formula is C16H17NO4. The van der Waals surface area contributed by atoms with Crippen molar-refractivity contribution in [1.82, 2.24) is 0 Å². The summed E-state index contributed by atoms with van der Waals surface area (Å²) in [6, 6.07) is 11.5. The van der Waals surface area contributed by atoms with E-state index >= 15 is 0 Å². The summed E-state index contributed by atoms with van der Waals surface area (Å²) in [7, 11) is 4.71. The van der Waals surface area contributed by atoms with E-state index in [0.717, 1.165) is 0 Å². The fourth-order valence-corrected chi connectivity index (χ4v) is 1.96. The van der Waals surface area contributed by atoms with Crippen molar-refractivity contribution < 1.29 is 19.4 Å². The minimum absolute atomic E-state index is 0.151. The van der Waals surface area contributed by atoms with Crippen molar-refractivity contribution in [3.05, 3.63) is 48.0 Å². The zero-order valence-electron chi connectivity index (χ0n) is 12.2. The number of phenols is 1. The molecule has 0 fully saturated rings. The van der Waals surface area contributed by atoms with Crippen molar-refractivity contribution in [3.63, 3.8) is 0 Å². The molecule has 0 heterocycles. The number of benzene rings is 2. The maximum absolute atomic E-state index is 12.6.